The molecule has 2 aromatic heterocycles. The standard InChI is InChI=1S/C13H13FN4O2/c1-7-11(8(2)17-13(16-7)20-3)18-12(19)9-4-5-15-6-10(9)14/h4-6H,1-3H3,(H,18,19). The molecule has 7 heteroatoms. The molecule has 2 rings (SSSR count). The molecular weight excluding hydrogens is 263 g/mol. The first-order chi connectivity index (χ1) is 9.52. The van der Waals surface area contributed by atoms with Gasteiger partial charge in [-0.05, 0) is 19.9 Å². The third kappa shape index (κ3) is 2.71. The predicted octanol–water partition coefficient (Wildman–Crippen LogP) is 1.89. The van der Waals surface area contributed by atoms with Gasteiger partial charge in [-0.15, -0.1) is 0 Å². The number of hydrogen-bond donors (Lipinski definition) is 1. The lowest BCUT2D eigenvalue weighted by Gasteiger charge is -2.11. The van der Waals surface area contributed by atoms with Crippen molar-refractivity contribution in [3.05, 3.63) is 41.2 Å². The summed E-state index contributed by atoms with van der Waals surface area (Å²) in [4.78, 5) is 23.8. The highest BCUT2D eigenvalue weighted by Crippen LogP contribution is 2.20. The fourth-order valence-electron chi connectivity index (χ4n) is 1.70. The number of carbonyl (C=O) groups is 1. The van der Waals surface area contributed by atoms with Gasteiger partial charge in [-0.2, -0.15) is 9.97 Å². The highest BCUT2D eigenvalue weighted by Gasteiger charge is 2.15. The minimum absolute atomic E-state index is 0.0883. The SMILES string of the molecule is COc1nc(C)c(NC(=O)c2ccncc2F)c(C)n1. The maximum atomic E-state index is 13.5. The number of ether oxygens (including phenoxy) is 1. The van der Waals surface area contributed by atoms with Crippen LogP contribution < -0.4 is 10.1 Å². The molecule has 20 heavy (non-hydrogen) atoms. The van der Waals surface area contributed by atoms with E-state index in [1.807, 2.05) is 0 Å². The molecule has 0 saturated carbocycles. The van der Waals surface area contributed by atoms with Gasteiger partial charge in [0.05, 0.1) is 35.9 Å². The van der Waals surface area contributed by atoms with Crippen LogP contribution >= 0.6 is 0 Å². The molecule has 1 N–H and O–H groups in total. The lowest BCUT2D eigenvalue weighted by molar-refractivity contribution is 0.102. The molecule has 6 nitrogen and oxygen atoms in total. The summed E-state index contributed by atoms with van der Waals surface area (Å²) in [5.74, 6) is -1.26. The number of nitrogens with zero attached hydrogens (tertiary/aromatic N) is 3. The van der Waals surface area contributed by atoms with Gasteiger partial charge in [-0.3, -0.25) is 9.78 Å². The van der Waals surface area contributed by atoms with Crippen molar-refractivity contribution >= 4 is 11.6 Å². The van der Waals surface area contributed by atoms with Crippen molar-refractivity contribution in [2.45, 2.75) is 13.8 Å². The Labute approximate surface area is 115 Å². The van der Waals surface area contributed by atoms with Gasteiger partial charge in [0.2, 0.25) is 0 Å². The van der Waals surface area contributed by atoms with Crippen LogP contribution in [0.15, 0.2) is 18.5 Å². The molecule has 0 aromatic carbocycles. The fraction of sp³-hybridized carbons (Fsp3) is 0.231. The van der Waals surface area contributed by atoms with E-state index in [0.717, 1.165) is 6.20 Å². The van der Waals surface area contributed by atoms with Gasteiger partial charge in [0.25, 0.3) is 5.91 Å². The van der Waals surface area contributed by atoms with Gasteiger partial charge < -0.3 is 10.1 Å². The van der Waals surface area contributed by atoms with Crippen molar-refractivity contribution in [2.24, 2.45) is 0 Å². The molecule has 2 heterocycles. The Hall–Kier alpha value is -2.57. The summed E-state index contributed by atoms with van der Waals surface area (Å²) in [6, 6.07) is 1.52. The molecule has 0 aliphatic rings. The van der Waals surface area contributed by atoms with Crippen molar-refractivity contribution in [3.8, 4) is 6.01 Å². The van der Waals surface area contributed by atoms with Crippen molar-refractivity contribution in [2.75, 3.05) is 12.4 Å². The van der Waals surface area contributed by atoms with E-state index >= 15 is 0 Å². The monoisotopic (exact) mass is 276 g/mol. The number of pyridine rings is 1. The molecule has 0 atom stereocenters. The molecule has 0 aliphatic heterocycles. The number of aryl methyl sites for hydroxylation is 2. The third-order valence-corrected chi connectivity index (χ3v) is 2.69. The zero-order valence-corrected chi connectivity index (χ0v) is 11.3. The van der Waals surface area contributed by atoms with Crippen molar-refractivity contribution in [3.63, 3.8) is 0 Å². The summed E-state index contributed by atoms with van der Waals surface area (Å²) in [6.45, 7) is 3.41. The first-order valence-electron chi connectivity index (χ1n) is 5.83. The molecule has 0 radical (unpaired) electrons. The average molecular weight is 276 g/mol. The van der Waals surface area contributed by atoms with Crippen molar-refractivity contribution in [1.82, 2.24) is 15.0 Å². The third-order valence-electron chi connectivity index (χ3n) is 2.69. The first kappa shape index (κ1) is 13.9. The quantitative estimate of drug-likeness (QED) is 0.926. The van der Waals surface area contributed by atoms with Crippen LogP contribution in [-0.2, 0) is 0 Å². The molecule has 0 unspecified atom stereocenters. The summed E-state index contributed by atoms with van der Waals surface area (Å²) in [6.07, 6.45) is 2.33. The van der Waals surface area contributed by atoms with Crippen molar-refractivity contribution in [1.29, 1.82) is 0 Å². The van der Waals surface area contributed by atoms with E-state index in [1.165, 1.54) is 19.4 Å². The Morgan fingerprint density at radius 3 is 2.50 bits per heavy atom. The number of nitrogens with one attached hydrogen (secondary N) is 1. The van der Waals surface area contributed by atoms with Crippen LogP contribution in [0.4, 0.5) is 10.1 Å². The molecular formula is C13H13FN4O2. The van der Waals surface area contributed by atoms with Crippen LogP contribution in [0.5, 0.6) is 6.01 Å². The zero-order valence-electron chi connectivity index (χ0n) is 11.3. The highest BCUT2D eigenvalue weighted by atomic mass is 19.1. The molecule has 0 fully saturated rings. The molecule has 0 saturated heterocycles. The Kier molecular flexibility index (Phi) is 3.88. The number of carbonyl (C=O) groups excluding carboxylic acids is 1. The summed E-state index contributed by atoms with van der Waals surface area (Å²) >= 11 is 0. The van der Waals surface area contributed by atoms with Crippen molar-refractivity contribution < 1.29 is 13.9 Å². The largest absolute Gasteiger partial charge is 0.467 e. The Bertz CT molecular complexity index is 638. The topological polar surface area (TPSA) is 77.0 Å². The average Bonchev–Trinajstić information content (AvgIpc) is 2.42. The number of hydrogen-bond acceptors (Lipinski definition) is 5. The number of amides is 1. The van der Waals surface area contributed by atoms with E-state index < -0.39 is 11.7 Å². The number of aromatic nitrogens is 3. The van der Waals surface area contributed by atoms with Crippen LogP contribution in [0.25, 0.3) is 0 Å². The number of rotatable bonds is 3. The Morgan fingerprint density at radius 2 is 1.95 bits per heavy atom. The van der Waals surface area contributed by atoms with E-state index in [-0.39, 0.29) is 11.6 Å². The van der Waals surface area contributed by atoms with Crippen LogP contribution in [-0.4, -0.2) is 28.0 Å². The number of anilines is 1. The summed E-state index contributed by atoms with van der Waals surface area (Å²) in [7, 11) is 1.46. The molecule has 0 aliphatic carbocycles. The molecule has 0 bridgehead atoms. The van der Waals surface area contributed by atoms with E-state index in [2.05, 4.69) is 20.3 Å². The van der Waals surface area contributed by atoms with Crippen LogP contribution in [0, 0.1) is 19.7 Å². The van der Waals surface area contributed by atoms with Gasteiger partial charge in [-0.1, -0.05) is 0 Å². The minimum Gasteiger partial charge on any atom is -0.467 e. The first-order valence-corrected chi connectivity index (χ1v) is 5.83. The minimum atomic E-state index is -0.685. The lowest BCUT2D eigenvalue weighted by atomic mass is 10.2. The molecule has 2 aromatic rings. The maximum absolute atomic E-state index is 13.5. The fourth-order valence-corrected chi connectivity index (χ4v) is 1.70. The van der Waals surface area contributed by atoms with E-state index in [1.54, 1.807) is 13.8 Å². The Morgan fingerprint density at radius 1 is 1.30 bits per heavy atom. The van der Waals surface area contributed by atoms with Gasteiger partial charge in [0.1, 0.15) is 0 Å². The van der Waals surface area contributed by atoms with Gasteiger partial charge in [0, 0.05) is 6.20 Å². The van der Waals surface area contributed by atoms with E-state index in [9.17, 15) is 9.18 Å². The van der Waals surface area contributed by atoms with E-state index in [0.29, 0.717) is 17.1 Å². The van der Waals surface area contributed by atoms with E-state index in [4.69, 9.17) is 4.74 Å². The van der Waals surface area contributed by atoms with Gasteiger partial charge in [-0.25, -0.2) is 4.39 Å². The second-order valence-electron chi connectivity index (χ2n) is 4.07. The maximum Gasteiger partial charge on any atom is 0.316 e. The van der Waals surface area contributed by atoms with Gasteiger partial charge in [0.15, 0.2) is 5.82 Å². The predicted molar refractivity (Wildman–Crippen MR) is 70.2 cm³/mol. The molecule has 0 spiro atoms. The van der Waals surface area contributed by atoms with Crippen LogP contribution in [0.1, 0.15) is 21.7 Å². The zero-order chi connectivity index (χ0) is 14.7. The Balaban J connectivity index is 2.31. The molecule has 104 valence electrons. The summed E-state index contributed by atoms with van der Waals surface area (Å²) in [5, 5.41) is 2.60. The highest BCUT2D eigenvalue weighted by molar-refractivity contribution is 6.04. The van der Waals surface area contributed by atoms with Crippen LogP contribution in [0.3, 0.4) is 0 Å². The van der Waals surface area contributed by atoms with Gasteiger partial charge >= 0.3 is 6.01 Å². The number of halogens is 1. The normalized spacial score (nSPS) is 10.2. The second kappa shape index (κ2) is 5.60. The molecule has 1 amide bonds. The smallest absolute Gasteiger partial charge is 0.316 e. The summed E-state index contributed by atoms with van der Waals surface area (Å²) in [5.41, 5.74) is 1.43. The van der Waals surface area contributed by atoms with Crippen LogP contribution in [0.2, 0.25) is 0 Å². The summed E-state index contributed by atoms with van der Waals surface area (Å²) < 4.78 is 18.4. The number of methoxy groups -OCH3 is 1. The second-order valence-corrected chi connectivity index (χ2v) is 4.07. The lowest BCUT2D eigenvalue weighted by Crippen LogP contribution is -2.16.